The molecule has 0 radical (unpaired) electrons. The van der Waals surface area contributed by atoms with Crippen molar-refractivity contribution in [1.29, 1.82) is 0 Å². The van der Waals surface area contributed by atoms with E-state index in [9.17, 15) is 8.60 Å². The first-order valence-electron chi connectivity index (χ1n) is 5.83. The number of halogens is 1. The molecule has 0 heterocycles. The maximum Gasteiger partial charge on any atom is 0.141 e. The average Bonchev–Trinajstić information content (AvgIpc) is 2.15. The maximum absolute atomic E-state index is 13.5. The van der Waals surface area contributed by atoms with Gasteiger partial charge in [-0.3, -0.25) is 4.21 Å². The van der Waals surface area contributed by atoms with Gasteiger partial charge in [0.05, 0.1) is 15.7 Å². The Morgan fingerprint density at radius 3 is 2.53 bits per heavy atom. The number of nitrogens with two attached hydrogens (primary N) is 1. The Hall–Kier alpha value is -0.900. The van der Waals surface area contributed by atoms with Crippen molar-refractivity contribution in [2.24, 2.45) is 11.8 Å². The molecule has 0 aliphatic carbocycles. The third-order valence-electron chi connectivity index (χ3n) is 2.51. The van der Waals surface area contributed by atoms with Crippen molar-refractivity contribution in [3.63, 3.8) is 0 Å². The summed E-state index contributed by atoms with van der Waals surface area (Å²) in [4.78, 5) is 0.259. The zero-order chi connectivity index (χ0) is 13.0. The zero-order valence-corrected chi connectivity index (χ0v) is 11.4. The second kappa shape index (κ2) is 6.15. The smallest absolute Gasteiger partial charge is 0.141 e. The van der Waals surface area contributed by atoms with E-state index in [4.69, 9.17) is 5.73 Å². The van der Waals surface area contributed by atoms with E-state index in [0.717, 1.165) is 6.42 Å². The van der Waals surface area contributed by atoms with E-state index in [1.807, 2.05) is 6.92 Å². The lowest BCUT2D eigenvalue weighted by atomic mass is 10.0. The summed E-state index contributed by atoms with van der Waals surface area (Å²) < 4.78 is 25.5. The minimum atomic E-state index is -1.28. The van der Waals surface area contributed by atoms with Gasteiger partial charge in [-0.25, -0.2) is 4.39 Å². The average molecular weight is 257 g/mol. The van der Waals surface area contributed by atoms with Gasteiger partial charge < -0.3 is 5.73 Å². The number of hydrogen-bond donors (Lipinski definition) is 1. The summed E-state index contributed by atoms with van der Waals surface area (Å²) in [7, 11) is -1.28. The van der Waals surface area contributed by atoms with Crippen LogP contribution < -0.4 is 5.73 Å². The van der Waals surface area contributed by atoms with E-state index in [0.29, 0.717) is 23.3 Å². The highest BCUT2D eigenvalue weighted by molar-refractivity contribution is 7.85. The van der Waals surface area contributed by atoms with E-state index in [1.54, 1.807) is 6.07 Å². The summed E-state index contributed by atoms with van der Waals surface area (Å²) in [6, 6.07) is 4.33. The van der Waals surface area contributed by atoms with Gasteiger partial charge in [-0.1, -0.05) is 20.8 Å². The Balaban J connectivity index is 2.70. The summed E-state index contributed by atoms with van der Waals surface area (Å²) in [5.41, 5.74) is 5.82. The molecule has 2 N–H and O–H groups in total. The van der Waals surface area contributed by atoms with Crippen molar-refractivity contribution in [2.45, 2.75) is 32.1 Å². The predicted octanol–water partition coefficient (Wildman–Crippen LogP) is 3.20. The van der Waals surface area contributed by atoms with Gasteiger partial charge in [0.2, 0.25) is 0 Å². The first-order chi connectivity index (χ1) is 7.90. The molecule has 17 heavy (non-hydrogen) atoms. The van der Waals surface area contributed by atoms with Crippen LogP contribution in [0, 0.1) is 17.7 Å². The molecule has 1 aromatic carbocycles. The van der Waals surface area contributed by atoms with E-state index >= 15 is 0 Å². The van der Waals surface area contributed by atoms with Crippen LogP contribution in [-0.4, -0.2) is 9.96 Å². The lowest BCUT2D eigenvalue weighted by Gasteiger charge is -2.13. The molecule has 4 heteroatoms. The molecule has 2 atom stereocenters. The van der Waals surface area contributed by atoms with Crippen LogP contribution in [0.15, 0.2) is 23.1 Å². The molecule has 1 rings (SSSR count). The Bertz CT molecular complexity index is 406. The third-order valence-corrected chi connectivity index (χ3v) is 4.20. The number of anilines is 1. The molecule has 0 aromatic heterocycles. The Labute approximate surface area is 105 Å². The second-order valence-corrected chi connectivity index (χ2v) is 6.40. The van der Waals surface area contributed by atoms with Gasteiger partial charge in [-0.15, -0.1) is 0 Å². The maximum atomic E-state index is 13.5. The number of nitrogen functional groups attached to an aromatic ring is 1. The van der Waals surface area contributed by atoms with Crippen LogP contribution in [0.4, 0.5) is 10.1 Å². The van der Waals surface area contributed by atoms with Crippen molar-refractivity contribution in [1.82, 2.24) is 0 Å². The lowest BCUT2D eigenvalue weighted by molar-refractivity contribution is 0.471. The fourth-order valence-electron chi connectivity index (χ4n) is 1.92. The summed E-state index contributed by atoms with van der Waals surface area (Å²) in [5.74, 6) is 0.921. The second-order valence-electron chi connectivity index (χ2n) is 4.94. The molecule has 0 aliphatic heterocycles. The molecule has 0 saturated carbocycles. The van der Waals surface area contributed by atoms with E-state index in [-0.39, 0.29) is 4.90 Å². The molecule has 2 unspecified atom stereocenters. The van der Waals surface area contributed by atoms with Crippen LogP contribution in [0.1, 0.15) is 27.2 Å². The standard InChI is InChI=1S/C13H20FNOS/c1-9(2)6-10(3)8-17(16)13-5-4-11(15)7-12(13)14/h4-5,7,9-10H,6,8,15H2,1-3H3. The van der Waals surface area contributed by atoms with Gasteiger partial charge in [0.25, 0.3) is 0 Å². The molecule has 0 fully saturated rings. The largest absolute Gasteiger partial charge is 0.399 e. The Morgan fingerprint density at radius 1 is 1.35 bits per heavy atom. The SMILES string of the molecule is CC(C)CC(C)CS(=O)c1ccc(N)cc1F. The number of rotatable bonds is 5. The molecule has 0 saturated heterocycles. The highest BCUT2D eigenvalue weighted by Crippen LogP contribution is 2.19. The summed E-state index contributed by atoms with van der Waals surface area (Å²) >= 11 is 0. The lowest BCUT2D eigenvalue weighted by Crippen LogP contribution is -2.11. The minimum absolute atomic E-state index is 0.259. The molecule has 96 valence electrons. The Morgan fingerprint density at radius 2 is 2.00 bits per heavy atom. The van der Waals surface area contributed by atoms with E-state index < -0.39 is 16.6 Å². The molecular formula is C13H20FNOS. The van der Waals surface area contributed by atoms with E-state index in [1.165, 1.54) is 12.1 Å². The van der Waals surface area contributed by atoms with Crippen LogP contribution in [-0.2, 0) is 10.8 Å². The number of benzene rings is 1. The molecule has 0 spiro atoms. The third kappa shape index (κ3) is 4.46. The summed E-state index contributed by atoms with van der Waals surface area (Å²) in [6.45, 7) is 6.31. The van der Waals surface area contributed by atoms with Gasteiger partial charge in [-0.05, 0) is 36.5 Å². The molecular weight excluding hydrogens is 237 g/mol. The van der Waals surface area contributed by atoms with Crippen molar-refractivity contribution in [3.05, 3.63) is 24.0 Å². The van der Waals surface area contributed by atoms with Gasteiger partial charge >= 0.3 is 0 Å². The quantitative estimate of drug-likeness (QED) is 0.823. The predicted molar refractivity (Wildman–Crippen MR) is 70.7 cm³/mol. The summed E-state index contributed by atoms with van der Waals surface area (Å²) in [5, 5.41) is 0. The van der Waals surface area contributed by atoms with Gasteiger partial charge in [0, 0.05) is 11.4 Å². The van der Waals surface area contributed by atoms with Crippen LogP contribution >= 0.6 is 0 Å². The van der Waals surface area contributed by atoms with Gasteiger partial charge in [-0.2, -0.15) is 0 Å². The molecule has 0 aliphatic rings. The monoisotopic (exact) mass is 257 g/mol. The normalized spacial score (nSPS) is 14.9. The molecule has 0 bridgehead atoms. The number of hydrogen-bond acceptors (Lipinski definition) is 2. The fourth-order valence-corrected chi connectivity index (χ4v) is 3.25. The fraction of sp³-hybridized carbons (Fsp3) is 0.538. The molecule has 2 nitrogen and oxygen atoms in total. The van der Waals surface area contributed by atoms with Crippen LogP contribution in [0.2, 0.25) is 0 Å². The van der Waals surface area contributed by atoms with Crippen LogP contribution in [0.5, 0.6) is 0 Å². The molecule has 1 aromatic rings. The van der Waals surface area contributed by atoms with Crippen molar-refractivity contribution >= 4 is 16.5 Å². The van der Waals surface area contributed by atoms with Crippen LogP contribution in [0.3, 0.4) is 0 Å². The van der Waals surface area contributed by atoms with Crippen molar-refractivity contribution in [2.75, 3.05) is 11.5 Å². The van der Waals surface area contributed by atoms with Crippen LogP contribution in [0.25, 0.3) is 0 Å². The van der Waals surface area contributed by atoms with E-state index in [2.05, 4.69) is 13.8 Å². The topological polar surface area (TPSA) is 43.1 Å². The highest BCUT2D eigenvalue weighted by atomic mass is 32.2. The minimum Gasteiger partial charge on any atom is -0.399 e. The van der Waals surface area contributed by atoms with Crippen molar-refractivity contribution < 1.29 is 8.60 Å². The molecule has 0 amide bonds. The first-order valence-corrected chi connectivity index (χ1v) is 7.15. The van der Waals surface area contributed by atoms with Gasteiger partial charge in [0.15, 0.2) is 0 Å². The first kappa shape index (κ1) is 14.2. The highest BCUT2D eigenvalue weighted by Gasteiger charge is 2.14. The zero-order valence-electron chi connectivity index (χ0n) is 10.6. The van der Waals surface area contributed by atoms with Gasteiger partial charge in [0.1, 0.15) is 5.82 Å². The summed E-state index contributed by atoms with van der Waals surface area (Å²) in [6.07, 6.45) is 1.00. The Kier molecular flexibility index (Phi) is 5.12. The van der Waals surface area contributed by atoms with Crippen molar-refractivity contribution in [3.8, 4) is 0 Å².